The minimum atomic E-state index is -0.780. The number of rotatable bonds is 8. The molecule has 0 aromatic carbocycles. The second-order valence-corrected chi connectivity index (χ2v) is 5.61. The summed E-state index contributed by atoms with van der Waals surface area (Å²) in [4.78, 5) is 22.8. The first-order valence-corrected chi connectivity index (χ1v) is 7.25. The molecular weight excluding hydrogens is 244 g/mol. The van der Waals surface area contributed by atoms with Crippen LogP contribution in [0.2, 0.25) is 0 Å². The third kappa shape index (κ3) is 4.82. The van der Waals surface area contributed by atoms with Crippen molar-refractivity contribution >= 4 is 11.9 Å². The van der Waals surface area contributed by atoms with Crippen molar-refractivity contribution in [2.45, 2.75) is 57.9 Å². The standard InChI is InChI=1S/C14H26N2O3/c1-3-7-14(8-4-9-16-14)13(19)15-10-11(2)5-6-12(17)18/h11,16H,3-10H2,1-2H3,(H,15,19)(H,17,18). The quantitative estimate of drug-likeness (QED) is 0.625. The van der Waals surface area contributed by atoms with Crippen LogP contribution in [-0.4, -0.2) is 35.6 Å². The number of nitrogens with one attached hydrogen (secondary N) is 2. The molecule has 5 heteroatoms. The lowest BCUT2D eigenvalue weighted by Crippen LogP contribution is -2.54. The lowest BCUT2D eigenvalue weighted by atomic mass is 9.90. The molecule has 1 aliphatic rings. The second-order valence-electron chi connectivity index (χ2n) is 5.61. The minimum Gasteiger partial charge on any atom is -0.481 e. The molecule has 1 rings (SSSR count). The number of carboxylic acids is 1. The van der Waals surface area contributed by atoms with Crippen molar-refractivity contribution in [2.75, 3.05) is 13.1 Å². The summed E-state index contributed by atoms with van der Waals surface area (Å²) in [5.41, 5.74) is -0.388. The molecule has 2 unspecified atom stereocenters. The SMILES string of the molecule is CCCC1(C(=O)NCC(C)CCC(=O)O)CCCN1. The van der Waals surface area contributed by atoms with Crippen LogP contribution in [0.1, 0.15) is 52.4 Å². The van der Waals surface area contributed by atoms with Crippen molar-refractivity contribution in [1.82, 2.24) is 10.6 Å². The normalized spacial score (nSPS) is 24.1. The predicted molar refractivity (Wildman–Crippen MR) is 73.9 cm³/mol. The monoisotopic (exact) mass is 270 g/mol. The molecule has 0 aliphatic carbocycles. The zero-order valence-corrected chi connectivity index (χ0v) is 12.0. The fourth-order valence-corrected chi connectivity index (χ4v) is 2.66. The van der Waals surface area contributed by atoms with E-state index in [1.807, 2.05) is 6.92 Å². The van der Waals surface area contributed by atoms with Gasteiger partial charge in [0.05, 0.1) is 5.54 Å². The Labute approximate surface area is 115 Å². The maximum atomic E-state index is 12.3. The fraction of sp³-hybridized carbons (Fsp3) is 0.857. The van der Waals surface area contributed by atoms with E-state index in [9.17, 15) is 9.59 Å². The molecule has 110 valence electrons. The Hall–Kier alpha value is -1.10. The molecule has 1 heterocycles. The van der Waals surface area contributed by atoms with E-state index in [4.69, 9.17) is 5.11 Å². The van der Waals surface area contributed by atoms with Crippen molar-refractivity contribution in [1.29, 1.82) is 0 Å². The van der Waals surface area contributed by atoms with Crippen molar-refractivity contribution in [3.8, 4) is 0 Å². The summed E-state index contributed by atoms with van der Waals surface area (Å²) in [6, 6.07) is 0. The Morgan fingerprint density at radius 2 is 2.21 bits per heavy atom. The van der Waals surface area contributed by atoms with E-state index in [1.54, 1.807) is 0 Å². The molecule has 2 atom stereocenters. The van der Waals surface area contributed by atoms with Crippen LogP contribution in [-0.2, 0) is 9.59 Å². The molecule has 3 N–H and O–H groups in total. The van der Waals surface area contributed by atoms with Gasteiger partial charge in [0.15, 0.2) is 0 Å². The predicted octanol–water partition coefficient (Wildman–Crippen LogP) is 1.53. The first-order valence-electron chi connectivity index (χ1n) is 7.25. The van der Waals surface area contributed by atoms with Gasteiger partial charge in [0.2, 0.25) is 5.91 Å². The number of carboxylic acid groups (broad SMARTS) is 1. The molecular formula is C14H26N2O3. The van der Waals surface area contributed by atoms with Gasteiger partial charge in [-0.25, -0.2) is 0 Å². The van der Waals surface area contributed by atoms with Crippen molar-refractivity contribution in [3.63, 3.8) is 0 Å². The van der Waals surface area contributed by atoms with Gasteiger partial charge in [0.25, 0.3) is 0 Å². The summed E-state index contributed by atoms with van der Waals surface area (Å²) in [5.74, 6) is -0.507. The van der Waals surface area contributed by atoms with Crippen molar-refractivity contribution < 1.29 is 14.7 Å². The van der Waals surface area contributed by atoms with Gasteiger partial charge >= 0.3 is 5.97 Å². The Balaban J connectivity index is 2.38. The molecule has 1 saturated heterocycles. The van der Waals surface area contributed by atoms with E-state index in [-0.39, 0.29) is 23.8 Å². The Morgan fingerprint density at radius 1 is 1.47 bits per heavy atom. The highest BCUT2D eigenvalue weighted by atomic mass is 16.4. The van der Waals surface area contributed by atoms with Gasteiger partial charge in [-0.15, -0.1) is 0 Å². The molecule has 0 bridgehead atoms. The van der Waals surface area contributed by atoms with E-state index in [1.165, 1.54) is 0 Å². The summed E-state index contributed by atoms with van der Waals surface area (Å²) < 4.78 is 0. The smallest absolute Gasteiger partial charge is 0.303 e. The number of hydrogen-bond acceptors (Lipinski definition) is 3. The third-order valence-electron chi connectivity index (χ3n) is 3.82. The number of hydrogen-bond donors (Lipinski definition) is 3. The van der Waals surface area contributed by atoms with Gasteiger partial charge < -0.3 is 15.7 Å². The van der Waals surface area contributed by atoms with Gasteiger partial charge in [-0.2, -0.15) is 0 Å². The zero-order chi connectivity index (χ0) is 14.3. The van der Waals surface area contributed by atoms with Crippen LogP contribution in [0.5, 0.6) is 0 Å². The maximum Gasteiger partial charge on any atom is 0.303 e. The maximum absolute atomic E-state index is 12.3. The molecule has 1 aliphatic heterocycles. The van der Waals surface area contributed by atoms with Crippen LogP contribution in [0.4, 0.5) is 0 Å². The summed E-state index contributed by atoms with van der Waals surface area (Å²) in [6.07, 6.45) is 4.55. The van der Waals surface area contributed by atoms with Crippen LogP contribution < -0.4 is 10.6 Å². The van der Waals surface area contributed by atoms with Crippen LogP contribution in [0, 0.1) is 5.92 Å². The molecule has 0 spiro atoms. The highest BCUT2D eigenvalue weighted by Crippen LogP contribution is 2.25. The molecule has 1 fully saturated rings. The zero-order valence-electron chi connectivity index (χ0n) is 12.0. The largest absolute Gasteiger partial charge is 0.481 e. The highest BCUT2D eigenvalue weighted by molar-refractivity contribution is 5.86. The summed E-state index contributed by atoms with van der Waals surface area (Å²) in [5, 5.41) is 14.9. The number of carbonyl (C=O) groups excluding carboxylic acids is 1. The van der Waals surface area contributed by atoms with Crippen molar-refractivity contribution in [3.05, 3.63) is 0 Å². The fourth-order valence-electron chi connectivity index (χ4n) is 2.66. The van der Waals surface area contributed by atoms with Gasteiger partial charge in [-0.1, -0.05) is 20.3 Å². The minimum absolute atomic E-state index is 0.0778. The molecule has 0 aromatic rings. The Bertz CT molecular complexity index is 312. The number of carbonyl (C=O) groups is 2. The van der Waals surface area contributed by atoms with Gasteiger partial charge in [0, 0.05) is 13.0 Å². The van der Waals surface area contributed by atoms with Crippen LogP contribution >= 0.6 is 0 Å². The first kappa shape index (κ1) is 16.0. The first-order chi connectivity index (χ1) is 9.00. The average molecular weight is 270 g/mol. The lowest BCUT2D eigenvalue weighted by Gasteiger charge is -2.28. The van der Waals surface area contributed by atoms with E-state index >= 15 is 0 Å². The Morgan fingerprint density at radius 3 is 2.74 bits per heavy atom. The highest BCUT2D eigenvalue weighted by Gasteiger charge is 2.39. The van der Waals surface area contributed by atoms with Crippen LogP contribution in [0.15, 0.2) is 0 Å². The summed E-state index contributed by atoms with van der Waals surface area (Å²) in [6.45, 7) is 5.52. The number of amides is 1. The molecule has 0 radical (unpaired) electrons. The number of aliphatic carboxylic acids is 1. The molecule has 19 heavy (non-hydrogen) atoms. The molecule has 1 amide bonds. The van der Waals surface area contributed by atoms with E-state index in [2.05, 4.69) is 17.6 Å². The van der Waals surface area contributed by atoms with Gasteiger partial charge in [-0.05, 0) is 38.1 Å². The third-order valence-corrected chi connectivity index (χ3v) is 3.82. The van der Waals surface area contributed by atoms with E-state index in [0.717, 1.165) is 32.2 Å². The molecule has 0 aromatic heterocycles. The van der Waals surface area contributed by atoms with Crippen LogP contribution in [0.3, 0.4) is 0 Å². The van der Waals surface area contributed by atoms with Crippen LogP contribution in [0.25, 0.3) is 0 Å². The Kier molecular flexibility index (Phi) is 6.28. The lowest BCUT2D eigenvalue weighted by molar-refractivity contribution is -0.137. The van der Waals surface area contributed by atoms with E-state index < -0.39 is 5.97 Å². The van der Waals surface area contributed by atoms with E-state index in [0.29, 0.717) is 13.0 Å². The summed E-state index contributed by atoms with van der Waals surface area (Å²) >= 11 is 0. The summed E-state index contributed by atoms with van der Waals surface area (Å²) in [7, 11) is 0. The van der Waals surface area contributed by atoms with Gasteiger partial charge in [-0.3, -0.25) is 9.59 Å². The molecule has 0 saturated carbocycles. The van der Waals surface area contributed by atoms with Gasteiger partial charge in [0.1, 0.15) is 0 Å². The van der Waals surface area contributed by atoms with Crippen molar-refractivity contribution in [2.24, 2.45) is 5.92 Å². The second kappa shape index (κ2) is 7.48. The topological polar surface area (TPSA) is 78.4 Å². The molecule has 5 nitrogen and oxygen atoms in total. The average Bonchev–Trinajstić information content (AvgIpc) is 2.83.